The largest absolute Gasteiger partial charge is 0.453 e. The van der Waals surface area contributed by atoms with Crippen LogP contribution < -0.4 is 4.74 Å². The number of halogens is 3. The summed E-state index contributed by atoms with van der Waals surface area (Å²) in [5.41, 5.74) is 1.62. The van der Waals surface area contributed by atoms with E-state index in [1.165, 1.54) is 30.3 Å². The molecule has 2 heterocycles. The molecule has 2 aromatic carbocycles. The van der Waals surface area contributed by atoms with Crippen LogP contribution in [0.2, 0.25) is 10.0 Å². The first-order chi connectivity index (χ1) is 16.9. The highest BCUT2D eigenvalue weighted by molar-refractivity contribution is 6.32. The molecule has 0 unspecified atom stereocenters. The smallest absolute Gasteiger partial charge is 0.251 e. The topological polar surface area (TPSA) is 110 Å². The van der Waals surface area contributed by atoms with Crippen molar-refractivity contribution in [2.24, 2.45) is 0 Å². The van der Waals surface area contributed by atoms with Crippen LogP contribution in [-0.4, -0.2) is 30.7 Å². The summed E-state index contributed by atoms with van der Waals surface area (Å²) in [6.45, 7) is 7.34. The molecule has 0 atom stereocenters. The maximum absolute atomic E-state index is 15.4. The predicted molar refractivity (Wildman–Crippen MR) is 132 cm³/mol. The number of hydrogen-bond donors (Lipinski definition) is 1. The van der Waals surface area contributed by atoms with Crippen molar-refractivity contribution in [3.05, 3.63) is 74.6 Å². The van der Waals surface area contributed by atoms with E-state index in [0.717, 1.165) is 5.69 Å². The molecule has 0 amide bonds. The lowest BCUT2D eigenvalue weighted by Crippen LogP contribution is -2.27. The molecule has 0 spiro atoms. The van der Waals surface area contributed by atoms with Crippen LogP contribution in [0, 0.1) is 31.0 Å². The van der Waals surface area contributed by atoms with Gasteiger partial charge in [-0.25, -0.2) is 4.39 Å². The lowest BCUT2D eigenvalue weighted by Gasteiger charge is -2.17. The second kappa shape index (κ2) is 9.90. The molecule has 2 aromatic heterocycles. The van der Waals surface area contributed by atoms with Gasteiger partial charge in [0.2, 0.25) is 5.89 Å². The normalized spacial score (nSPS) is 11.5. The van der Waals surface area contributed by atoms with E-state index in [1.807, 2.05) is 19.9 Å². The molecule has 0 aliphatic heterocycles. The van der Waals surface area contributed by atoms with Gasteiger partial charge in [-0.2, -0.15) is 10.4 Å². The van der Waals surface area contributed by atoms with Crippen molar-refractivity contribution in [1.82, 2.24) is 20.0 Å². The number of aromatic nitrogens is 4. The van der Waals surface area contributed by atoms with Crippen LogP contribution in [0.5, 0.6) is 11.5 Å². The van der Waals surface area contributed by atoms with E-state index >= 15 is 4.39 Å². The van der Waals surface area contributed by atoms with Crippen molar-refractivity contribution in [2.75, 3.05) is 0 Å². The highest BCUT2D eigenvalue weighted by Gasteiger charge is 2.24. The molecule has 0 fully saturated rings. The molecule has 8 nitrogen and oxygen atoms in total. The van der Waals surface area contributed by atoms with Crippen molar-refractivity contribution in [3.63, 3.8) is 0 Å². The number of rotatable bonds is 7. The molecule has 11 heteroatoms. The molecular weight excluding hydrogens is 508 g/mol. The van der Waals surface area contributed by atoms with E-state index in [-0.39, 0.29) is 50.9 Å². The van der Waals surface area contributed by atoms with E-state index in [9.17, 15) is 5.11 Å². The van der Waals surface area contributed by atoms with Crippen LogP contribution in [0.15, 0.2) is 34.7 Å². The summed E-state index contributed by atoms with van der Waals surface area (Å²) in [6.07, 6.45) is -0.0126. The molecule has 1 N–H and O–H groups in total. The van der Waals surface area contributed by atoms with E-state index in [4.69, 9.17) is 37.6 Å². The highest BCUT2D eigenvalue weighted by Crippen LogP contribution is 2.36. The van der Waals surface area contributed by atoms with Crippen molar-refractivity contribution in [3.8, 4) is 29.0 Å². The number of ether oxygens (including phenoxy) is 1. The summed E-state index contributed by atoms with van der Waals surface area (Å²) in [5, 5.41) is 32.3. The summed E-state index contributed by atoms with van der Waals surface area (Å²) in [7, 11) is 0. The average Bonchev–Trinajstić information content (AvgIpc) is 3.35. The molecule has 0 aliphatic rings. The summed E-state index contributed by atoms with van der Waals surface area (Å²) in [4.78, 5) is 0. The Hall–Kier alpha value is -3.45. The SMILES string of the molecule is Cc1nn(CC(C)(C)O)c(C)c1-c1nnc(Cc2ccc(Cl)c(Oc3cc(Cl)cc(C#N)c3)c2F)o1. The minimum atomic E-state index is -0.951. The Kier molecular flexibility index (Phi) is 7.05. The van der Waals surface area contributed by atoms with Gasteiger partial charge >= 0.3 is 0 Å². The number of hydrogen-bond acceptors (Lipinski definition) is 7. The minimum absolute atomic E-state index is 0.0126. The van der Waals surface area contributed by atoms with E-state index < -0.39 is 11.4 Å². The van der Waals surface area contributed by atoms with Gasteiger partial charge in [-0.3, -0.25) is 4.68 Å². The standard InChI is InChI=1S/C25H22Cl2FN5O3/c1-13-21(14(2)33(32-13)12-25(3,4)34)24-31-30-20(36-24)9-16-5-6-19(27)23(22(16)28)35-18-8-15(11-29)7-17(26)10-18/h5-8,10,34H,9,12H2,1-4H3. The average molecular weight is 530 g/mol. The zero-order valence-electron chi connectivity index (χ0n) is 19.9. The van der Waals surface area contributed by atoms with Gasteiger partial charge in [0.15, 0.2) is 11.6 Å². The third-order valence-corrected chi connectivity index (χ3v) is 5.81. The van der Waals surface area contributed by atoms with Crippen LogP contribution >= 0.6 is 23.2 Å². The van der Waals surface area contributed by atoms with Crippen molar-refractivity contribution in [2.45, 2.75) is 46.3 Å². The monoisotopic (exact) mass is 529 g/mol. The van der Waals surface area contributed by atoms with Crippen LogP contribution in [-0.2, 0) is 13.0 Å². The van der Waals surface area contributed by atoms with Gasteiger partial charge in [0.1, 0.15) is 5.75 Å². The quantitative estimate of drug-likeness (QED) is 0.311. The van der Waals surface area contributed by atoms with Gasteiger partial charge in [-0.1, -0.05) is 29.3 Å². The summed E-state index contributed by atoms with van der Waals surface area (Å²) >= 11 is 12.2. The van der Waals surface area contributed by atoms with E-state index in [2.05, 4.69) is 15.3 Å². The lowest BCUT2D eigenvalue weighted by molar-refractivity contribution is 0.0570. The van der Waals surface area contributed by atoms with Crippen molar-refractivity contribution >= 4 is 23.2 Å². The molecule has 0 saturated heterocycles. The maximum atomic E-state index is 15.4. The fraction of sp³-hybridized carbons (Fsp3) is 0.280. The maximum Gasteiger partial charge on any atom is 0.251 e. The first-order valence-electron chi connectivity index (χ1n) is 10.9. The number of benzene rings is 2. The van der Waals surface area contributed by atoms with Gasteiger partial charge in [-0.05, 0) is 52.0 Å². The highest BCUT2D eigenvalue weighted by atomic mass is 35.5. The van der Waals surface area contributed by atoms with Gasteiger partial charge < -0.3 is 14.3 Å². The zero-order valence-corrected chi connectivity index (χ0v) is 21.4. The van der Waals surface area contributed by atoms with Crippen molar-refractivity contribution < 1.29 is 18.7 Å². The fourth-order valence-corrected chi connectivity index (χ4v) is 4.13. The summed E-state index contributed by atoms with van der Waals surface area (Å²) < 4.78 is 28.5. The van der Waals surface area contributed by atoms with Crippen LogP contribution in [0.1, 0.15) is 42.3 Å². The Morgan fingerprint density at radius 2 is 1.94 bits per heavy atom. The second-order valence-electron chi connectivity index (χ2n) is 8.93. The number of nitriles is 1. The zero-order chi connectivity index (χ0) is 26.2. The van der Waals surface area contributed by atoms with Gasteiger partial charge in [0.25, 0.3) is 5.89 Å². The first-order valence-corrected chi connectivity index (χ1v) is 11.7. The minimum Gasteiger partial charge on any atom is -0.453 e. The van der Waals surface area contributed by atoms with Crippen LogP contribution in [0.3, 0.4) is 0 Å². The second-order valence-corrected chi connectivity index (χ2v) is 9.78. The van der Waals surface area contributed by atoms with Crippen molar-refractivity contribution in [1.29, 1.82) is 5.26 Å². The predicted octanol–water partition coefficient (Wildman–Crippen LogP) is 6.02. The van der Waals surface area contributed by atoms with Gasteiger partial charge in [0.05, 0.1) is 46.5 Å². The molecule has 0 aliphatic carbocycles. The summed E-state index contributed by atoms with van der Waals surface area (Å²) in [5.74, 6) is -0.312. The molecule has 186 valence electrons. The Labute approximate surface area is 216 Å². The third-order valence-electron chi connectivity index (χ3n) is 5.29. The van der Waals surface area contributed by atoms with Crippen LogP contribution in [0.25, 0.3) is 11.5 Å². The van der Waals surface area contributed by atoms with E-state index in [1.54, 1.807) is 18.5 Å². The molecule has 0 bridgehead atoms. The third kappa shape index (κ3) is 5.51. The molecule has 0 radical (unpaired) electrons. The Balaban J connectivity index is 1.61. The number of aliphatic hydroxyl groups is 1. The molecule has 4 rings (SSSR count). The Morgan fingerprint density at radius 1 is 1.19 bits per heavy atom. The molecule has 4 aromatic rings. The molecule has 36 heavy (non-hydrogen) atoms. The Morgan fingerprint density at radius 3 is 2.64 bits per heavy atom. The van der Waals surface area contributed by atoms with Crippen LogP contribution in [0.4, 0.5) is 4.39 Å². The summed E-state index contributed by atoms with van der Waals surface area (Å²) in [6, 6.07) is 9.32. The number of aryl methyl sites for hydroxylation is 1. The lowest BCUT2D eigenvalue weighted by atomic mass is 10.1. The molecular formula is C25H22Cl2FN5O3. The Bertz CT molecular complexity index is 1480. The van der Waals surface area contributed by atoms with E-state index in [0.29, 0.717) is 17.8 Å². The van der Waals surface area contributed by atoms with Gasteiger partial charge in [0, 0.05) is 16.3 Å². The number of nitrogens with zero attached hydrogens (tertiary/aromatic N) is 5. The fourth-order valence-electron chi connectivity index (χ4n) is 3.72. The molecule has 0 saturated carbocycles. The first kappa shape index (κ1) is 25.6. The van der Waals surface area contributed by atoms with Gasteiger partial charge in [-0.15, -0.1) is 10.2 Å².